The minimum atomic E-state index is -0.847. The Morgan fingerprint density at radius 3 is 2.59 bits per heavy atom. The Balaban J connectivity index is 2.90. The second-order valence-electron chi connectivity index (χ2n) is 4.74. The third kappa shape index (κ3) is 3.20. The molecule has 0 aliphatic heterocycles. The molecule has 0 bridgehead atoms. The zero-order valence-electron chi connectivity index (χ0n) is 10.4. The first kappa shape index (κ1) is 13.5. The standard InChI is InChI=1S/C13H19NO3/c1-13(2,12(15)16)8-10(14)9-6-4-5-7-11(9)17-3/h4-7,10H,8,14H2,1-3H3,(H,15,16). The second kappa shape index (κ2) is 5.19. The van der Waals surface area contributed by atoms with Gasteiger partial charge in [0.05, 0.1) is 12.5 Å². The Kier molecular flexibility index (Phi) is 4.12. The highest BCUT2D eigenvalue weighted by Gasteiger charge is 2.30. The quantitative estimate of drug-likeness (QED) is 0.823. The van der Waals surface area contributed by atoms with Gasteiger partial charge in [-0.3, -0.25) is 4.79 Å². The average Bonchev–Trinajstić information content (AvgIpc) is 2.28. The molecule has 17 heavy (non-hydrogen) atoms. The molecule has 4 nitrogen and oxygen atoms in total. The van der Waals surface area contributed by atoms with Crippen molar-refractivity contribution in [1.29, 1.82) is 0 Å². The van der Waals surface area contributed by atoms with Gasteiger partial charge in [0, 0.05) is 11.6 Å². The zero-order valence-corrected chi connectivity index (χ0v) is 10.4. The molecule has 1 atom stereocenters. The molecule has 0 heterocycles. The Morgan fingerprint density at radius 1 is 1.47 bits per heavy atom. The number of ether oxygens (including phenoxy) is 1. The van der Waals surface area contributed by atoms with Crippen LogP contribution in [0.15, 0.2) is 24.3 Å². The maximum Gasteiger partial charge on any atom is 0.309 e. The lowest BCUT2D eigenvalue weighted by atomic mass is 9.84. The molecule has 0 aromatic heterocycles. The first-order valence-corrected chi connectivity index (χ1v) is 5.50. The largest absolute Gasteiger partial charge is 0.496 e. The van der Waals surface area contributed by atoms with Crippen LogP contribution in [0.1, 0.15) is 31.9 Å². The maximum absolute atomic E-state index is 11.1. The number of hydrogen-bond donors (Lipinski definition) is 2. The van der Waals surface area contributed by atoms with Crippen LogP contribution in [0.2, 0.25) is 0 Å². The summed E-state index contributed by atoms with van der Waals surface area (Å²) in [4.78, 5) is 11.1. The molecule has 0 saturated heterocycles. The number of benzene rings is 1. The molecule has 0 radical (unpaired) electrons. The number of carboxylic acids is 1. The van der Waals surface area contributed by atoms with Crippen molar-refractivity contribution >= 4 is 5.97 Å². The Morgan fingerprint density at radius 2 is 2.06 bits per heavy atom. The van der Waals surface area contributed by atoms with Gasteiger partial charge in [-0.05, 0) is 26.3 Å². The topological polar surface area (TPSA) is 72.5 Å². The van der Waals surface area contributed by atoms with Gasteiger partial charge < -0.3 is 15.6 Å². The van der Waals surface area contributed by atoms with E-state index in [4.69, 9.17) is 15.6 Å². The van der Waals surface area contributed by atoms with E-state index < -0.39 is 11.4 Å². The molecule has 94 valence electrons. The van der Waals surface area contributed by atoms with Gasteiger partial charge >= 0.3 is 5.97 Å². The summed E-state index contributed by atoms with van der Waals surface area (Å²) in [5.74, 6) is -0.149. The van der Waals surface area contributed by atoms with Crippen LogP contribution in [0.25, 0.3) is 0 Å². The number of aliphatic carboxylic acids is 1. The van der Waals surface area contributed by atoms with E-state index in [1.807, 2.05) is 24.3 Å². The van der Waals surface area contributed by atoms with E-state index in [0.29, 0.717) is 12.2 Å². The molecule has 4 heteroatoms. The average molecular weight is 237 g/mol. The van der Waals surface area contributed by atoms with E-state index in [-0.39, 0.29) is 6.04 Å². The van der Waals surface area contributed by atoms with Gasteiger partial charge in [0.15, 0.2) is 0 Å². The number of hydrogen-bond acceptors (Lipinski definition) is 3. The predicted molar refractivity (Wildman–Crippen MR) is 66.0 cm³/mol. The number of para-hydroxylation sites is 1. The van der Waals surface area contributed by atoms with Crippen molar-refractivity contribution in [3.63, 3.8) is 0 Å². The molecule has 1 aromatic rings. The van der Waals surface area contributed by atoms with Crippen LogP contribution in [0.4, 0.5) is 0 Å². The van der Waals surface area contributed by atoms with Crippen molar-refractivity contribution < 1.29 is 14.6 Å². The SMILES string of the molecule is COc1ccccc1C(N)CC(C)(C)C(=O)O. The summed E-state index contributed by atoms with van der Waals surface area (Å²) < 4.78 is 5.21. The molecule has 0 aliphatic rings. The number of carboxylic acid groups (broad SMARTS) is 1. The monoisotopic (exact) mass is 237 g/mol. The molecule has 1 rings (SSSR count). The summed E-state index contributed by atoms with van der Waals surface area (Å²) in [6.07, 6.45) is 0.364. The van der Waals surface area contributed by atoms with Crippen LogP contribution in [-0.2, 0) is 4.79 Å². The lowest BCUT2D eigenvalue weighted by molar-refractivity contribution is -0.147. The third-order valence-corrected chi connectivity index (χ3v) is 2.85. The highest BCUT2D eigenvalue weighted by molar-refractivity contribution is 5.73. The van der Waals surface area contributed by atoms with E-state index >= 15 is 0 Å². The molecule has 0 amide bonds. The van der Waals surface area contributed by atoms with Crippen molar-refractivity contribution in [2.75, 3.05) is 7.11 Å². The van der Waals surface area contributed by atoms with Gasteiger partial charge in [-0.25, -0.2) is 0 Å². The van der Waals surface area contributed by atoms with E-state index in [1.165, 1.54) is 0 Å². The van der Waals surface area contributed by atoms with Crippen molar-refractivity contribution in [2.45, 2.75) is 26.3 Å². The van der Waals surface area contributed by atoms with E-state index in [9.17, 15) is 4.79 Å². The number of methoxy groups -OCH3 is 1. The lowest BCUT2D eigenvalue weighted by Crippen LogP contribution is -2.29. The highest BCUT2D eigenvalue weighted by Crippen LogP contribution is 2.32. The normalized spacial score (nSPS) is 13.2. The van der Waals surface area contributed by atoms with Crippen molar-refractivity contribution in [2.24, 2.45) is 11.1 Å². The smallest absolute Gasteiger partial charge is 0.309 e. The fraction of sp³-hybridized carbons (Fsp3) is 0.462. The molecular formula is C13H19NO3. The van der Waals surface area contributed by atoms with Crippen LogP contribution in [0.3, 0.4) is 0 Å². The van der Waals surface area contributed by atoms with Crippen molar-refractivity contribution in [3.8, 4) is 5.75 Å². The van der Waals surface area contributed by atoms with Crippen LogP contribution in [-0.4, -0.2) is 18.2 Å². The van der Waals surface area contributed by atoms with E-state index in [0.717, 1.165) is 5.56 Å². The summed E-state index contributed by atoms with van der Waals surface area (Å²) >= 11 is 0. The summed E-state index contributed by atoms with van der Waals surface area (Å²) in [5, 5.41) is 9.08. The summed E-state index contributed by atoms with van der Waals surface area (Å²) in [5.41, 5.74) is 6.04. The van der Waals surface area contributed by atoms with Crippen LogP contribution < -0.4 is 10.5 Å². The van der Waals surface area contributed by atoms with Gasteiger partial charge in [-0.2, -0.15) is 0 Å². The fourth-order valence-corrected chi connectivity index (χ4v) is 1.72. The van der Waals surface area contributed by atoms with Gasteiger partial charge in [-0.15, -0.1) is 0 Å². The van der Waals surface area contributed by atoms with Gasteiger partial charge in [0.1, 0.15) is 5.75 Å². The van der Waals surface area contributed by atoms with E-state index in [1.54, 1.807) is 21.0 Å². The summed E-state index contributed by atoms with van der Waals surface area (Å²) in [6, 6.07) is 7.06. The van der Waals surface area contributed by atoms with Crippen molar-refractivity contribution in [3.05, 3.63) is 29.8 Å². The minimum Gasteiger partial charge on any atom is -0.496 e. The zero-order chi connectivity index (χ0) is 13.1. The third-order valence-electron chi connectivity index (χ3n) is 2.85. The van der Waals surface area contributed by atoms with Gasteiger partial charge in [0.25, 0.3) is 0 Å². The van der Waals surface area contributed by atoms with Crippen LogP contribution in [0, 0.1) is 5.41 Å². The van der Waals surface area contributed by atoms with Crippen LogP contribution in [0.5, 0.6) is 5.75 Å². The molecule has 0 fully saturated rings. The first-order chi connectivity index (χ1) is 7.88. The minimum absolute atomic E-state index is 0.350. The maximum atomic E-state index is 11.1. The summed E-state index contributed by atoms with van der Waals surface area (Å²) in [6.45, 7) is 3.34. The number of rotatable bonds is 5. The number of carbonyl (C=O) groups is 1. The second-order valence-corrected chi connectivity index (χ2v) is 4.74. The molecular weight excluding hydrogens is 218 g/mol. The Labute approximate surface area is 101 Å². The lowest BCUT2D eigenvalue weighted by Gasteiger charge is -2.24. The summed E-state index contributed by atoms with van der Waals surface area (Å²) in [7, 11) is 1.58. The van der Waals surface area contributed by atoms with Gasteiger partial charge in [-0.1, -0.05) is 18.2 Å². The molecule has 0 spiro atoms. The molecule has 3 N–H and O–H groups in total. The van der Waals surface area contributed by atoms with Gasteiger partial charge in [0.2, 0.25) is 0 Å². The van der Waals surface area contributed by atoms with Crippen molar-refractivity contribution in [1.82, 2.24) is 0 Å². The Hall–Kier alpha value is -1.55. The first-order valence-electron chi connectivity index (χ1n) is 5.50. The fourth-order valence-electron chi connectivity index (χ4n) is 1.72. The molecule has 0 aliphatic carbocycles. The van der Waals surface area contributed by atoms with E-state index in [2.05, 4.69) is 0 Å². The Bertz CT molecular complexity index is 401. The molecule has 1 aromatic carbocycles. The number of nitrogens with two attached hydrogens (primary N) is 1. The van der Waals surface area contributed by atoms with Crippen LogP contribution >= 0.6 is 0 Å². The highest BCUT2D eigenvalue weighted by atomic mass is 16.5. The molecule has 0 saturated carbocycles. The molecule has 1 unspecified atom stereocenters. The predicted octanol–water partition coefficient (Wildman–Crippen LogP) is 2.20.